The van der Waals surface area contributed by atoms with Crippen molar-refractivity contribution in [3.63, 3.8) is 0 Å². The molecule has 2 unspecified atom stereocenters. The molecule has 1 aromatic rings. The summed E-state index contributed by atoms with van der Waals surface area (Å²) in [6, 6.07) is 12.1. The van der Waals surface area contributed by atoms with E-state index in [-0.39, 0.29) is 0 Å². The van der Waals surface area contributed by atoms with E-state index >= 15 is 0 Å². The van der Waals surface area contributed by atoms with Crippen LogP contribution in [0.1, 0.15) is 39.7 Å². The second kappa shape index (κ2) is 6.73. The van der Waals surface area contributed by atoms with Crippen molar-refractivity contribution in [1.82, 2.24) is 10.2 Å². The topological polar surface area (TPSA) is 15.3 Å². The van der Waals surface area contributed by atoms with Crippen molar-refractivity contribution in [3.8, 4) is 0 Å². The molecule has 2 rings (SSSR count). The van der Waals surface area contributed by atoms with Crippen molar-refractivity contribution in [2.24, 2.45) is 5.41 Å². The van der Waals surface area contributed by atoms with Crippen molar-refractivity contribution >= 4 is 0 Å². The van der Waals surface area contributed by atoms with Crippen LogP contribution in [0.15, 0.2) is 30.3 Å². The maximum Gasteiger partial charge on any atom is 0.0269 e. The predicted molar refractivity (Wildman–Crippen MR) is 87.0 cm³/mol. The second-order valence-corrected chi connectivity index (χ2v) is 7.17. The minimum atomic E-state index is 0.347. The molecule has 112 valence electrons. The molecule has 0 bridgehead atoms. The fourth-order valence-electron chi connectivity index (χ4n) is 3.31. The van der Waals surface area contributed by atoms with Gasteiger partial charge < -0.3 is 5.32 Å². The number of hydrogen-bond donors (Lipinski definition) is 1. The van der Waals surface area contributed by atoms with E-state index in [4.69, 9.17) is 0 Å². The highest BCUT2D eigenvalue weighted by Gasteiger charge is 2.34. The zero-order valence-electron chi connectivity index (χ0n) is 13.5. The molecule has 1 aliphatic rings. The molecular weight excluding hydrogens is 244 g/mol. The molecule has 2 heteroatoms. The first-order valence-electron chi connectivity index (χ1n) is 8.02. The molecule has 2 nitrogen and oxygen atoms in total. The van der Waals surface area contributed by atoms with Gasteiger partial charge in [0.05, 0.1) is 0 Å². The van der Waals surface area contributed by atoms with E-state index in [0.29, 0.717) is 17.5 Å². The Balaban J connectivity index is 1.99. The molecule has 1 fully saturated rings. The van der Waals surface area contributed by atoms with Crippen molar-refractivity contribution in [2.75, 3.05) is 19.6 Å². The highest BCUT2D eigenvalue weighted by Crippen LogP contribution is 2.27. The van der Waals surface area contributed by atoms with Gasteiger partial charge in [0.25, 0.3) is 0 Å². The zero-order valence-corrected chi connectivity index (χ0v) is 13.5. The smallest absolute Gasteiger partial charge is 0.0269 e. The summed E-state index contributed by atoms with van der Waals surface area (Å²) in [5.74, 6) is 0. The van der Waals surface area contributed by atoms with E-state index in [9.17, 15) is 0 Å². The van der Waals surface area contributed by atoms with Crippen LogP contribution in [0.5, 0.6) is 0 Å². The van der Waals surface area contributed by atoms with E-state index in [1.165, 1.54) is 25.1 Å². The summed E-state index contributed by atoms with van der Waals surface area (Å²) in [5, 5.41) is 3.77. The molecule has 0 spiro atoms. The summed E-state index contributed by atoms with van der Waals surface area (Å²) < 4.78 is 0. The first kappa shape index (κ1) is 15.5. The molecule has 0 saturated carbocycles. The number of nitrogens with zero attached hydrogens (tertiary/aromatic N) is 1. The summed E-state index contributed by atoms with van der Waals surface area (Å²) in [6.45, 7) is 12.9. The van der Waals surface area contributed by atoms with E-state index in [1.54, 1.807) is 0 Å². The van der Waals surface area contributed by atoms with Crippen LogP contribution < -0.4 is 5.32 Å². The van der Waals surface area contributed by atoms with E-state index < -0.39 is 0 Å². The van der Waals surface area contributed by atoms with Gasteiger partial charge in [-0.3, -0.25) is 4.90 Å². The number of benzene rings is 1. The van der Waals surface area contributed by atoms with Crippen molar-refractivity contribution in [3.05, 3.63) is 35.9 Å². The van der Waals surface area contributed by atoms with E-state index in [0.717, 1.165) is 13.0 Å². The van der Waals surface area contributed by atoms with Crippen LogP contribution in [0, 0.1) is 5.41 Å². The molecule has 1 saturated heterocycles. The van der Waals surface area contributed by atoms with Crippen LogP contribution in [0.4, 0.5) is 0 Å². The van der Waals surface area contributed by atoms with Gasteiger partial charge in [-0.1, -0.05) is 58.0 Å². The monoisotopic (exact) mass is 274 g/mol. The maximum absolute atomic E-state index is 3.77. The Morgan fingerprint density at radius 1 is 1.20 bits per heavy atom. The van der Waals surface area contributed by atoms with Crippen LogP contribution in [-0.4, -0.2) is 36.6 Å². The molecule has 0 aromatic heterocycles. The molecule has 1 aromatic carbocycles. The van der Waals surface area contributed by atoms with Crippen LogP contribution in [0.2, 0.25) is 0 Å². The number of piperazine rings is 1. The minimum absolute atomic E-state index is 0.347. The van der Waals surface area contributed by atoms with Crippen LogP contribution in [0.3, 0.4) is 0 Å². The summed E-state index contributed by atoms with van der Waals surface area (Å²) in [5.41, 5.74) is 1.79. The van der Waals surface area contributed by atoms with Gasteiger partial charge in [-0.15, -0.1) is 0 Å². The molecule has 1 heterocycles. The lowest BCUT2D eigenvalue weighted by Crippen LogP contribution is -2.61. The Bertz CT molecular complexity index is 394. The van der Waals surface area contributed by atoms with Gasteiger partial charge in [0.1, 0.15) is 0 Å². The quantitative estimate of drug-likeness (QED) is 0.906. The lowest BCUT2D eigenvalue weighted by Gasteiger charge is -2.46. The molecule has 0 amide bonds. The van der Waals surface area contributed by atoms with Crippen molar-refractivity contribution in [1.29, 1.82) is 0 Å². The van der Waals surface area contributed by atoms with Gasteiger partial charge in [0, 0.05) is 25.2 Å². The highest BCUT2D eigenvalue weighted by molar-refractivity contribution is 5.16. The zero-order chi connectivity index (χ0) is 14.6. The first-order valence-corrected chi connectivity index (χ1v) is 8.02. The van der Waals surface area contributed by atoms with Gasteiger partial charge in [-0.05, 0) is 30.4 Å². The Morgan fingerprint density at radius 3 is 2.50 bits per heavy atom. The summed E-state index contributed by atoms with van der Waals surface area (Å²) >= 11 is 0. The lowest BCUT2D eigenvalue weighted by molar-refractivity contribution is 0.0558. The maximum atomic E-state index is 3.77. The summed E-state index contributed by atoms with van der Waals surface area (Å²) in [4.78, 5) is 2.70. The fourth-order valence-corrected chi connectivity index (χ4v) is 3.31. The Kier molecular flexibility index (Phi) is 5.22. The number of rotatable bonds is 4. The van der Waals surface area contributed by atoms with E-state index in [2.05, 4.69) is 68.2 Å². The molecule has 2 atom stereocenters. The molecule has 0 radical (unpaired) electrons. The third kappa shape index (κ3) is 4.07. The molecule has 1 N–H and O–H groups in total. The molecule has 20 heavy (non-hydrogen) atoms. The fraction of sp³-hybridized carbons (Fsp3) is 0.667. The minimum Gasteiger partial charge on any atom is -0.311 e. The van der Waals surface area contributed by atoms with Gasteiger partial charge in [0.2, 0.25) is 0 Å². The van der Waals surface area contributed by atoms with Crippen molar-refractivity contribution < 1.29 is 0 Å². The van der Waals surface area contributed by atoms with Gasteiger partial charge in [-0.25, -0.2) is 0 Å². The largest absolute Gasteiger partial charge is 0.311 e. The van der Waals surface area contributed by atoms with Crippen LogP contribution in [-0.2, 0) is 6.42 Å². The third-order valence-corrected chi connectivity index (χ3v) is 4.33. The normalized spacial score (nSPS) is 24.8. The highest BCUT2D eigenvalue weighted by atomic mass is 15.2. The second-order valence-electron chi connectivity index (χ2n) is 7.17. The average Bonchev–Trinajstić information content (AvgIpc) is 2.39. The summed E-state index contributed by atoms with van der Waals surface area (Å²) in [7, 11) is 0. The summed E-state index contributed by atoms with van der Waals surface area (Å²) in [6.07, 6.45) is 2.38. The van der Waals surface area contributed by atoms with Crippen LogP contribution >= 0.6 is 0 Å². The Morgan fingerprint density at radius 2 is 1.90 bits per heavy atom. The third-order valence-electron chi connectivity index (χ3n) is 4.33. The Labute approximate surface area is 124 Å². The number of nitrogens with one attached hydrogen (secondary N) is 1. The molecule has 1 aliphatic heterocycles. The predicted octanol–water partition coefficient (Wildman–Crippen LogP) is 3.33. The number of hydrogen-bond acceptors (Lipinski definition) is 2. The molecule has 0 aliphatic carbocycles. The lowest BCUT2D eigenvalue weighted by atomic mass is 9.83. The van der Waals surface area contributed by atoms with Gasteiger partial charge >= 0.3 is 0 Å². The van der Waals surface area contributed by atoms with Crippen LogP contribution in [0.25, 0.3) is 0 Å². The Hall–Kier alpha value is -0.860. The molecular formula is C18H30N2. The van der Waals surface area contributed by atoms with E-state index in [1.807, 2.05) is 0 Å². The van der Waals surface area contributed by atoms with Crippen molar-refractivity contribution in [2.45, 2.75) is 52.6 Å². The average molecular weight is 274 g/mol. The SMILES string of the molecule is CCCN1CC(Cc2ccccc2)NCC1C(C)(C)C. The van der Waals surface area contributed by atoms with Gasteiger partial charge in [-0.2, -0.15) is 0 Å². The first-order chi connectivity index (χ1) is 9.50. The van der Waals surface area contributed by atoms with Gasteiger partial charge in [0.15, 0.2) is 0 Å². The standard InChI is InChI=1S/C18H30N2/c1-5-11-20-14-16(12-15-9-7-6-8-10-15)19-13-17(20)18(2,3)4/h6-10,16-17,19H,5,11-14H2,1-4H3.